The molecule has 1 aromatic heterocycles. The van der Waals surface area contributed by atoms with Crippen molar-refractivity contribution in [3.8, 4) is 23.0 Å². The number of fused-ring (bicyclic) bond motifs is 1. The monoisotopic (exact) mass is 307 g/mol. The van der Waals surface area contributed by atoms with E-state index < -0.39 is 0 Å². The normalized spacial score (nSPS) is 10.3. The summed E-state index contributed by atoms with van der Waals surface area (Å²) in [6.07, 6.45) is 2.10. The largest absolute Gasteiger partial charge is 0.336 e. The molecule has 114 valence electrons. The van der Waals surface area contributed by atoms with Gasteiger partial charge in [-0.3, -0.25) is 0 Å². The Labute approximate surface area is 142 Å². The summed E-state index contributed by atoms with van der Waals surface area (Å²) in [5.74, 6) is 6.52. The van der Waals surface area contributed by atoms with Gasteiger partial charge in [-0.25, -0.2) is 0 Å². The highest BCUT2D eigenvalue weighted by Gasteiger charge is 1.98. The molecule has 0 fully saturated rings. The molecule has 1 heterocycles. The van der Waals surface area contributed by atoms with Gasteiger partial charge in [-0.1, -0.05) is 72.5 Å². The summed E-state index contributed by atoms with van der Waals surface area (Å²) < 4.78 is 2.18. The quantitative estimate of drug-likeness (QED) is 0.439. The first-order valence-electron chi connectivity index (χ1n) is 8.08. The smallest absolute Gasteiger partial charge is 0.0841 e. The van der Waals surface area contributed by atoms with Crippen LogP contribution in [0.15, 0.2) is 91.1 Å². The van der Waals surface area contributed by atoms with Crippen LogP contribution in [0.4, 0.5) is 0 Å². The summed E-state index contributed by atoms with van der Waals surface area (Å²) in [6, 6.07) is 29.3. The van der Waals surface area contributed by atoms with Gasteiger partial charge < -0.3 is 4.57 Å². The first kappa shape index (κ1) is 14.4. The van der Waals surface area contributed by atoms with Gasteiger partial charge in [0.25, 0.3) is 0 Å². The summed E-state index contributed by atoms with van der Waals surface area (Å²) in [4.78, 5) is 0. The molecular formula is C23H17N. The van der Waals surface area contributed by atoms with E-state index in [0.717, 1.165) is 5.56 Å². The molecule has 1 heteroatoms. The number of aromatic nitrogens is 1. The summed E-state index contributed by atoms with van der Waals surface area (Å²) in [5, 5.41) is 1.26. The van der Waals surface area contributed by atoms with Gasteiger partial charge in [0.1, 0.15) is 0 Å². The highest BCUT2D eigenvalue weighted by molar-refractivity contribution is 5.80. The zero-order valence-electron chi connectivity index (χ0n) is 13.3. The molecule has 0 saturated heterocycles. The lowest BCUT2D eigenvalue weighted by molar-refractivity contribution is 0.886. The minimum Gasteiger partial charge on any atom is -0.336 e. The first-order valence-corrected chi connectivity index (χ1v) is 8.08. The van der Waals surface area contributed by atoms with Gasteiger partial charge >= 0.3 is 0 Å². The van der Waals surface area contributed by atoms with Crippen molar-refractivity contribution in [1.29, 1.82) is 0 Å². The standard InChI is InChI=1S/C23H17N/c1-2-8-20(9-3-1)21-14-12-19(13-15-21)7-6-17-24-18-16-22-10-4-5-11-23(22)24/h1-5,8-16,18H,17H2. The second-order valence-corrected chi connectivity index (χ2v) is 5.75. The van der Waals surface area contributed by atoms with Crippen molar-refractivity contribution in [2.45, 2.75) is 6.54 Å². The van der Waals surface area contributed by atoms with Crippen LogP contribution in [0.1, 0.15) is 5.56 Å². The fourth-order valence-electron chi connectivity index (χ4n) is 2.88. The predicted molar refractivity (Wildman–Crippen MR) is 101 cm³/mol. The van der Waals surface area contributed by atoms with Crippen molar-refractivity contribution in [3.05, 3.63) is 96.7 Å². The molecule has 0 aliphatic rings. The van der Waals surface area contributed by atoms with Crippen molar-refractivity contribution >= 4 is 10.9 Å². The molecule has 0 N–H and O–H groups in total. The zero-order valence-corrected chi connectivity index (χ0v) is 13.3. The summed E-state index contributed by atoms with van der Waals surface area (Å²) in [6.45, 7) is 0.702. The molecule has 0 bridgehead atoms. The van der Waals surface area contributed by atoms with Crippen LogP contribution in [0.2, 0.25) is 0 Å². The molecule has 0 spiro atoms. The molecule has 0 atom stereocenters. The van der Waals surface area contributed by atoms with Crippen molar-refractivity contribution in [1.82, 2.24) is 4.57 Å². The van der Waals surface area contributed by atoms with Gasteiger partial charge in [-0.2, -0.15) is 0 Å². The lowest BCUT2D eigenvalue weighted by atomic mass is 10.0. The van der Waals surface area contributed by atoms with Gasteiger partial charge in [0.05, 0.1) is 6.54 Å². The van der Waals surface area contributed by atoms with E-state index in [1.165, 1.54) is 22.0 Å². The number of rotatable bonds is 2. The molecule has 0 saturated carbocycles. The van der Waals surface area contributed by atoms with Crippen LogP contribution >= 0.6 is 0 Å². The second kappa shape index (κ2) is 6.48. The van der Waals surface area contributed by atoms with Crippen LogP contribution < -0.4 is 0 Å². The fraction of sp³-hybridized carbons (Fsp3) is 0.0435. The van der Waals surface area contributed by atoms with Gasteiger partial charge in [0, 0.05) is 17.3 Å². The number of hydrogen-bond donors (Lipinski definition) is 0. The van der Waals surface area contributed by atoms with E-state index >= 15 is 0 Å². The minimum absolute atomic E-state index is 0.702. The molecular weight excluding hydrogens is 290 g/mol. The molecule has 4 rings (SSSR count). The topological polar surface area (TPSA) is 4.93 Å². The van der Waals surface area contributed by atoms with Crippen LogP contribution in [-0.4, -0.2) is 4.57 Å². The SMILES string of the molecule is C(#Cc1ccc(-c2ccccc2)cc1)Cn1ccc2ccccc21. The van der Waals surface area contributed by atoms with E-state index in [9.17, 15) is 0 Å². The Morgan fingerprint density at radius 2 is 1.38 bits per heavy atom. The lowest BCUT2D eigenvalue weighted by Crippen LogP contribution is -1.92. The lowest BCUT2D eigenvalue weighted by Gasteiger charge is -2.01. The highest BCUT2D eigenvalue weighted by atomic mass is 14.9. The van der Waals surface area contributed by atoms with Crippen molar-refractivity contribution in [3.63, 3.8) is 0 Å². The van der Waals surface area contributed by atoms with E-state index in [1.54, 1.807) is 0 Å². The molecule has 24 heavy (non-hydrogen) atoms. The van der Waals surface area contributed by atoms with Crippen LogP contribution in [0.5, 0.6) is 0 Å². The molecule has 0 aliphatic heterocycles. The predicted octanol–water partition coefficient (Wildman–Crippen LogP) is 5.36. The molecule has 0 amide bonds. The van der Waals surface area contributed by atoms with Gasteiger partial charge in [-0.05, 0) is 40.8 Å². The average molecular weight is 307 g/mol. The Hall–Kier alpha value is -3.24. The Balaban J connectivity index is 1.51. The zero-order chi connectivity index (χ0) is 16.2. The van der Waals surface area contributed by atoms with E-state index in [0.29, 0.717) is 6.54 Å². The molecule has 4 aromatic rings. The summed E-state index contributed by atoms with van der Waals surface area (Å²) >= 11 is 0. The molecule has 3 aromatic carbocycles. The third-order valence-electron chi connectivity index (χ3n) is 4.15. The van der Waals surface area contributed by atoms with E-state index in [-0.39, 0.29) is 0 Å². The van der Waals surface area contributed by atoms with Crippen LogP contribution in [0.25, 0.3) is 22.0 Å². The third-order valence-corrected chi connectivity index (χ3v) is 4.15. The van der Waals surface area contributed by atoms with Crippen LogP contribution in [0, 0.1) is 11.8 Å². The molecule has 0 unspecified atom stereocenters. The Bertz CT molecular complexity index is 1010. The maximum atomic E-state index is 3.27. The van der Waals surface area contributed by atoms with Crippen LogP contribution in [-0.2, 0) is 6.54 Å². The molecule has 1 nitrogen and oxygen atoms in total. The number of para-hydroxylation sites is 1. The number of benzene rings is 3. The Morgan fingerprint density at radius 1 is 0.667 bits per heavy atom. The summed E-state index contributed by atoms with van der Waals surface area (Å²) in [7, 11) is 0. The third kappa shape index (κ3) is 2.95. The van der Waals surface area contributed by atoms with Crippen molar-refractivity contribution in [2.24, 2.45) is 0 Å². The maximum absolute atomic E-state index is 3.27. The van der Waals surface area contributed by atoms with Crippen molar-refractivity contribution < 1.29 is 0 Å². The first-order chi connectivity index (χ1) is 11.9. The van der Waals surface area contributed by atoms with E-state index in [4.69, 9.17) is 0 Å². The second-order valence-electron chi connectivity index (χ2n) is 5.75. The average Bonchev–Trinajstić information content (AvgIpc) is 3.06. The summed E-state index contributed by atoms with van der Waals surface area (Å²) in [5.41, 5.74) is 4.73. The van der Waals surface area contributed by atoms with E-state index in [1.807, 2.05) is 6.07 Å². The van der Waals surface area contributed by atoms with E-state index in [2.05, 4.69) is 101 Å². The molecule has 0 aliphatic carbocycles. The van der Waals surface area contributed by atoms with Gasteiger partial charge in [0.2, 0.25) is 0 Å². The van der Waals surface area contributed by atoms with Gasteiger partial charge in [0.15, 0.2) is 0 Å². The Kier molecular flexibility index (Phi) is 3.88. The minimum atomic E-state index is 0.702. The van der Waals surface area contributed by atoms with Gasteiger partial charge in [-0.15, -0.1) is 0 Å². The number of hydrogen-bond acceptors (Lipinski definition) is 0. The van der Waals surface area contributed by atoms with Crippen molar-refractivity contribution in [2.75, 3.05) is 0 Å². The fourth-order valence-corrected chi connectivity index (χ4v) is 2.88. The maximum Gasteiger partial charge on any atom is 0.0841 e. The van der Waals surface area contributed by atoms with Crippen LogP contribution in [0.3, 0.4) is 0 Å². The number of nitrogens with zero attached hydrogens (tertiary/aromatic N) is 1. The molecule has 0 radical (unpaired) electrons. The Morgan fingerprint density at radius 3 is 2.21 bits per heavy atom. The highest BCUT2D eigenvalue weighted by Crippen LogP contribution is 2.19.